The highest BCUT2D eigenvalue weighted by Crippen LogP contribution is 2.04. The highest BCUT2D eigenvalue weighted by Gasteiger charge is 2.00. The molecule has 5 heteroatoms. The molecule has 0 spiro atoms. The second kappa shape index (κ2) is 3.49. The van der Waals surface area contributed by atoms with Gasteiger partial charge in [-0.15, -0.1) is 0 Å². The molecule has 0 aromatic carbocycles. The Morgan fingerprint density at radius 2 is 1.92 bits per heavy atom. The van der Waals surface area contributed by atoms with Crippen molar-refractivity contribution < 1.29 is 0 Å². The Morgan fingerprint density at radius 3 is 2.25 bits per heavy atom. The Labute approximate surface area is 75.7 Å². The van der Waals surface area contributed by atoms with Crippen molar-refractivity contribution in [2.75, 3.05) is 19.0 Å². The molecular formula is C7H9ClN4. The van der Waals surface area contributed by atoms with Gasteiger partial charge >= 0.3 is 0 Å². The third-order valence-electron chi connectivity index (χ3n) is 1.29. The minimum atomic E-state index is -0.0414. The van der Waals surface area contributed by atoms with Crippen LogP contribution in [0.1, 0.15) is 5.56 Å². The maximum absolute atomic E-state index is 7.09. The Morgan fingerprint density at radius 1 is 1.42 bits per heavy atom. The first-order chi connectivity index (χ1) is 5.61. The van der Waals surface area contributed by atoms with E-state index in [2.05, 4.69) is 9.97 Å². The second-order valence-corrected chi connectivity index (χ2v) is 2.86. The van der Waals surface area contributed by atoms with E-state index in [1.807, 2.05) is 14.1 Å². The molecule has 0 amide bonds. The number of aromatic nitrogens is 2. The third-order valence-corrected chi connectivity index (χ3v) is 1.51. The van der Waals surface area contributed by atoms with Gasteiger partial charge in [-0.2, -0.15) is 0 Å². The van der Waals surface area contributed by atoms with Gasteiger partial charge in [-0.05, 0) is 0 Å². The summed E-state index contributed by atoms with van der Waals surface area (Å²) < 4.78 is 0. The molecule has 1 N–H and O–H groups in total. The van der Waals surface area contributed by atoms with Crippen LogP contribution in [0.4, 0.5) is 5.95 Å². The predicted octanol–water partition coefficient (Wildman–Crippen LogP) is 1.11. The summed E-state index contributed by atoms with van der Waals surface area (Å²) in [5.74, 6) is 0.608. The number of hydrogen-bond acceptors (Lipinski definition) is 4. The maximum Gasteiger partial charge on any atom is 0.224 e. The molecule has 0 aliphatic rings. The van der Waals surface area contributed by atoms with E-state index in [1.54, 1.807) is 4.90 Å². The van der Waals surface area contributed by atoms with E-state index >= 15 is 0 Å². The largest absolute Gasteiger partial charge is 0.347 e. The van der Waals surface area contributed by atoms with Gasteiger partial charge in [0.05, 0.1) is 0 Å². The van der Waals surface area contributed by atoms with Crippen LogP contribution in [0.3, 0.4) is 0 Å². The van der Waals surface area contributed by atoms with Gasteiger partial charge in [-0.1, -0.05) is 11.6 Å². The molecule has 1 rings (SSSR count). The van der Waals surface area contributed by atoms with Crippen LogP contribution in [0.15, 0.2) is 12.4 Å². The standard InChI is InChI=1S/C7H9ClN4/c1-12(2)7-10-3-5(4-11-7)6(8)9/h3-4,9H,1-2H3. The number of rotatable bonds is 2. The lowest BCUT2D eigenvalue weighted by molar-refractivity contribution is 0.996. The van der Waals surface area contributed by atoms with Crippen molar-refractivity contribution in [3.05, 3.63) is 18.0 Å². The van der Waals surface area contributed by atoms with E-state index in [1.165, 1.54) is 12.4 Å². The molecular weight excluding hydrogens is 176 g/mol. The predicted molar refractivity (Wildman–Crippen MR) is 49.0 cm³/mol. The van der Waals surface area contributed by atoms with Crippen LogP contribution in [0.5, 0.6) is 0 Å². The molecule has 4 nitrogen and oxygen atoms in total. The molecule has 1 heterocycles. The minimum absolute atomic E-state index is 0.0414. The van der Waals surface area contributed by atoms with Crippen molar-refractivity contribution in [1.82, 2.24) is 9.97 Å². The summed E-state index contributed by atoms with van der Waals surface area (Å²) in [6.07, 6.45) is 3.05. The normalized spacial score (nSPS) is 9.58. The van der Waals surface area contributed by atoms with E-state index in [0.29, 0.717) is 11.5 Å². The van der Waals surface area contributed by atoms with Gasteiger partial charge < -0.3 is 4.90 Å². The number of nitrogens with one attached hydrogen (secondary N) is 1. The summed E-state index contributed by atoms with van der Waals surface area (Å²) in [5, 5.41) is 7.04. The van der Waals surface area contributed by atoms with Crippen LogP contribution in [0, 0.1) is 5.41 Å². The minimum Gasteiger partial charge on any atom is -0.347 e. The SMILES string of the molecule is CN(C)c1ncc(C(=N)Cl)cn1. The quantitative estimate of drug-likeness (QED) is 0.701. The Balaban J connectivity index is 2.93. The first-order valence-electron chi connectivity index (χ1n) is 3.35. The first kappa shape index (κ1) is 8.93. The second-order valence-electron chi connectivity index (χ2n) is 2.48. The smallest absolute Gasteiger partial charge is 0.224 e. The van der Waals surface area contributed by atoms with Gasteiger partial charge in [0.2, 0.25) is 5.95 Å². The van der Waals surface area contributed by atoms with Crippen LogP contribution in [-0.2, 0) is 0 Å². The van der Waals surface area contributed by atoms with Crippen molar-refractivity contribution in [2.24, 2.45) is 0 Å². The zero-order valence-corrected chi connectivity index (χ0v) is 7.63. The Bertz CT molecular complexity index is 280. The molecule has 0 saturated heterocycles. The van der Waals surface area contributed by atoms with Gasteiger partial charge in [0.1, 0.15) is 5.17 Å². The number of halogens is 1. The zero-order valence-electron chi connectivity index (χ0n) is 6.87. The fraction of sp³-hybridized carbons (Fsp3) is 0.286. The lowest BCUT2D eigenvalue weighted by Crippen LogP contribution is -2.12. The summed E-state index contributed by atoms with van der Waals surface area (Å²) in [6, 6.07) is 0. The molecule has 0 radical (unpaired) electrons. The van der Waals surface area contributed by atoms with Crippen molar-refractivity contribution >= 4 is 22.7 Å². The van der Waals surface area contributed by atoms with Crippen molar-refractivity contribution in [1.29, 1.82) is 5.41 Å². The molecule has 1 aromatic heterocycles. The summed E-state index contributed by atoms with van der Waals surface area (Å²) in [7, 11) is 3.70. The van der Waals surface area contributed by atoms with Crippen LogP contribution < -0.4 is 4.90 Å². The van der Waals surface area contributed by atoms with Gasteiger partial charge in [-0.25, -0.2) is 9.97 Å². The van der Waals surface area contributed by atoms with E-state index < -0.39 is 0 Å². The molecule has 0 aliphatic carbocycles. The Kier molecular flexibility index (Phi) is 2.60. The fourth-order valence-electron chi connectivity index (χ4n) is 0.666. The van der Waals surface area contributed by atoms with E-state index in [0.717, 1.165) is 0 Å². The average Bonchev–Trinajstić information content (AvgIpc) is 2.04. The van der Waals surface area contributed by atoms with Crippen molar-refractivity contribution in [2.45, 2.75) is 0 Å². The van der Waals surface area contributed by atoms with E-state index in [-0.39, 0.29) is 5.17 Å². The first-order valence-corrected chi connectivity index (χ1v) is 3.73. The molecule has 0 unspecified atom stereocenters. The topological polar surface area (TPSA) is 52.9 Å². The average molecular weight is 185 g/mol. The van der Waals surface area contributed by atoms with Crippen LogP contribution in [0.2, 0.25) is 0 Å². The number of nitrogens with zero attached hydrogens (tertiary/aromatic N) is 3. The molecule has 0 fully saturated rings. The molecule has 0 aliphatic heterocycles. The molecule has 0 saturated carbocycles. The zero-order chi connectivity index (χ0) is 9.14. The molecule has 0 bridgehead atoms. The summed E-state index contributed by atoms with van der Waals surface area (Å²) in [4.78, 5) is 9.76. The summed E-state index contributed by atoms with van der Waals surface area (Å²) in [5.41, 5.74) is 0.530. The monoisotopic (exact) mass is 184 g/mol. The van der Waals surface area contributed by atoms with Gasteiger partial charge in [0, 0.05) is 32.1 Å². The van der Waals surface area contributed by atoms with Crippen LogP contribution in [-0.4, -0.2) is 29.2 Å². The van der Waals surface area contributed by atoms with Crippen LogP contribution >= 0.6 is 11.6 Å². The number of hydrogen-bond donors (Lipinski definition) is 1. The van der Waals surface area contributed by atoms with Gasteiger partial charge in [0.25, 0.3) is 0 Å². The molecule has 0 atom stereocenters. The van der Waals surface area contributed by atoms with E-state index in [4.69, 9.17) is 17.0 Å². The highest BCUT2D eigenvalue weighted by molar-refractivity contribution is 6.68. The lowest BCUT2D eigenvalue weighted by atomic mass is 10.4. The van der Waals surface area contributed by atoms with Gasteiger partial charge in [0.15, 0.2) is 0 Å². The van der Waals surface area contributed by atoms with Crippen molar-refractivity contribution in [3.8, 4) is 0 Å². The maximum atomic E-state index is 7.09. The van der Waals surface area contributed by atoms with Gasteiger partial charge in [-0.3, -0.25) is 5.41 Å². The highest BCUT2D eigenvalue weighted by atomic mass is 35.5. The molecule has 1 aromatic rings. The molecule has 12 heavy (non-hydrogen) atoms. The Hall–Kier alpha value is -1.16. The fourth-order valence-corrected chi connectivity index (χ4v) is 0.763. The van der Waals surface area contributed by atoms with Crippen molar-refractivity contribution in [3.63, 3.8) is 0 Å². The number of anilines is 1. The summed E-state index contributed by atoms with van der Waals surface area (Å²) >= 11 is 5.42. The van der Waals surface area contributed by atoms with Crippen LogP contribution in [0.25, 0.3) is 0 Å². The lowest BCUT2D eigenvalue weighted by Gasteiger charge is -2.08. The molecule has 64 valence electrons. The summed E-state index contributed by atoms with van der Waals surface area (Å²) in [6.45, 7) is 0. The third kappa shape index (κ3) is 1.92. The van der Waals surface area contributed by atoms with E-state index in [9.17, 15) is 0 Å².